The Hall–Kier alpha value is -3.90. The maximum atomic E-state index is 13.1. The second-order valence-corrected chi connectivity index (χ2v) is 8.76. The van der Waals surface area contributed by atoms with Gasteiger partial charge in [0.2, 0.25) is 0 Å². The van der Waals surface area contributed by atoms with Gasteiger partial charge in [0.25, 0.3) is 5.56 Å². The van der Waals surface area contributed by atoms with Crippen LogP contribution < -0.4 is 10.3 Å². The predicted molar refractivity (Wildman–Crippen MR) is 132 cm³/mol. The highest BCUT2D eigenvalue weighted by atomic mass is 35.5. The summed E-state index contributed by atoms with van der Waals surface area (Å²) in [6.07, 6.45) is 1.67. The lowest BCUT2D eigenvalue weighted by molar-refractivity contribution is 0.306. The minimum Gasteiger partial charge on any atom is -0.489 e. The maximum absolute atomic E-state index is 13.1. The largest absolute Gasteiger partial charge is 0.489 e. The van der Waals surface area contributed by atoms with Gasteiger partial charge in [0.1, 0.15) is 30.5 Å². The van der Waals surface area contributed by atoms with Crippen LogP contribution >= 0.6 is 11.6 Å². The highest BCUT2D eigenvalue weighted by Gasteiger charge is 2.22. The third-order valence-corrected chi connectivity index (χ3v) is 6.54. The molecular weight excluding hydrogens is 448 g/mol. The monoisotopic (exact) mass is 471 g/mol. The number of benzene rings is 3. The van der Waals surface area contributed by atoms with Crippen molar-refractivity contribution in [3.63, 3.8) is 0 Å². The predicted octanol–water partition coefficient (Wildman–Crippen LogP) is 5.29. The second-order valence-electron chi connectivity index (χ2n) is 8.35. The van der Waals surface area contributed by atoms with Crippen molar-refractivity contribution >= 4 is 22.5 Å². The number of halogens is 1. The molecule has 6 nitrogen and oxygen atoms in total. The summed E-state index contributed by atoms with van der Waals surface area (Å²) in [6.45, 7) is -0.582. The topological polar surface area (TPSA) is 61.9 Å². The van der Waals surface area contributed by atoms with Crippen LogP contribution in [0.4, 0.5) is 0 Å². The normalized spacial score (nSPS) is 16.5. The lowest BCUT2D eigenvalue weighted by Gasteiger charge is -2.21. The number of aryl methyl sites for hydroxylation is 2. The molecule has 6 rings (SSSR count). The lowest BCUT2D eigenvalue weighted by Crippen LogP contribution is -2.17. The molecule has 0 saturated heterocycles. The van der Waals surface area contributed by atoms with Crippen LogP contribution in [-0.4, -0.2) is 19.3 Å². The van der Waals surface area contributed by atoms with E-state index in [4.69, 9.17) is 20.5 Å². The maximum Gasteiger partial charge on any atom is 0.251 e. The van der Waals surface area contributed by atoms with E-state index in [1.54, 1.807) is 17.1 Å². The Morgan fingerprint density at radius 1 is 1.09 bits per heavy atom. The Kier molecular flexibility index (Phi) is 4.05. The molecule has 3 aromatic carbocycles. The van der Waals surface area contributed by atoms with Crippen molar-refractivity contribution in [3.05, 3.63) is 111 Å². The molecule has 2 aromatic heterocycles. The van der Waals surface area contributed by atoms with Crippen LogP contribution in [0, 0.1) is 6.92 Å². The zero-order valence-electron chi connectivity index (χ0n) is 21.2. The minimum atomic E-state index is -2.64. The fourth-order valence-electron chi connectivity index (χ4n) is 4.53. The molecule has 0 N–H and O–H groups in total. The van der Waals surface area contributed by atoms with Crippen molar-refractivity contribution in [2.75, 3.05) is 0 Å². The van der Waals surface area contributed by atoms with Gasteiger partial charge in [-0.3, -0.25) is 4.79 Å². The third kappa shape index (κ3) is 3.38. The molecule has 7 heteroatoms. The van der Waals surface area contributed by atoms with Crippen LogP contribution in [0.25, 0.3) is 22.0 Å². The van der Waals surface area contributed by atoms with E-state index in [1.807, 2.05) is 61.5 Å². The fraction of sp³-hybridized carbons (Fsp3) is 0.148. The highest BCUT2D eigenvalue weighted by molar-refractivity contribution is 6.31. The molecule has 1 aliphatic rings. The van der Waals surface area contributed by atoms with Gasteiger partial charge in [-0.05, 0) is 65.6 Å². The molecule has 1 unspecified atom stereocenters. The number of aromatic nitrogens is 4. The van der Waals surface area contributed by atoms with Gasteiger partial charge in [-0.15, -0.1) is 0 Å². The smallest absolute Gasteiger partial charge is 0.251 e. The molecule has 0 amide bonds. The lowest BCUT2D eigenvalue weighted by atomic mass is 9.93. The van der Waals surface area contributed by atoms with Crippen LogP contribution in [0.3, 0.4) is 0 Å². The van der Waals surface area contributed by atoms with E-state index in [0.29, 0.717) is 33.1 Å². The van der Waals surface area contributed by atoms with Gasteiger partial charge < -0.3 is 9.30 Å². The van der Waals surface area contributed by atoms with Gasteiger partial charge in [-0.1, -0.05) is 35.9 Å². The Bertz CT molecular complexity index is 1740. The molecule has 3 heterocycles. The van der Waals surface area contributed by atoms with Crippen molar-refractivity contribution in [2.24, 2.45) is 6.98 Å². The SMILES string of the molecule is [2H]C([2H])([2H])n1c(=O)cc2c3cc(ccc31)C(n1cnc(C)n1)c1ccc(Cl)c(c1)COc1cccc-2c1. The number of hydrogen-bond donors (Lipinski definition) is 0. The number of hydrogen-bond acceptors (Lipinski definition) is 4. The van der Waals surface area contributed by atoms with Gasteiger partial charge in [0.05, 0.1) is 5.52 Å². The molecule has 168 valence electrons. The van der Waals surface area contributed by atoms with Gasteiger partial charge in [-0.25, -0.2) is 9.67 Å². The summed E-state index contributed by atoms with van der Waals surface area (Å²) in [6, 6.07) is 19.6. The second kappa shape index (κ2) is 7.85. The molecule has 0 aliphatic carbocycles. The summed E-state index contributed by atoms with van der Waals surface area (Å²) in [4.78, 5) is 17.4. The molecule has 34 heavy (non-hydrogen) atoms. The number of pyridine rings is 1. The van der Waals surface area contributed by atoms with Gasteiger partial charge in [0, 0.05) is 33.1 Å². The first-order chi connectivity index (χ1) is 17.7. The number of ether oxygens (including phenoxy) is 1. The van der Waals surface area contributed by atoms with E-state index < -0.39 is 12.5 Å². The van der Waals surface area contributed by atoms with E-state index in [0.717, 1.165) is 26.8 Å². The zero-order valence-corrected chi connectivity index (χ0v) is 19.0. The van der Waals surface area contributed by atoms with Crippen LogP contribution in [0.2, 0.25) is 5.02 Å². The van der Waals surface area contributed by atoms with E-state index in [9.17, 15) is 4.79 Å². The first kappa shape index (κ1) is 17.6. The first-order valence-electron chi connectivity index (χ1n) is 12.3. The number of nitrogens with zero attached hydrogens (tertiary/aromatic N) is 4. The molecule has 6 bridgehead atoms. The van der Waals surface area contributed by atoms with Crippen LogP contribution in [0.15, 0.2) is 77.9 Å². The number of rotatable bonds is 1. The summed E-state index contributed by atoms with van der Waals surface area (Å²) < 4.78 is 32.8. The van der Waals surface area contributed by atoms with E-state index in [1.165, 1.54) is 6.07 Å². The summed E-state index contributed by atoms with van der Waals surface area (Å²) in [5.41, 5.74) is 3.63. The van der Waals surface area contributed by atoms with E-state index in [2.05, 4.69) is 10.1 Å². The van der Waals surface area contributed by atoms with Crippen molar-refractivity contribution < 1.29 is 8.85 Å². The molecule has 1 aliphatic heterocycles. The number of fused-ring (bicyclic) bond motifs is 6. The third-order valence-electron chi connectivity index (χ3n) is 6.17. The average Bonchev–Trinajstić information content (AvgIpc) is 3.28. The summed E-state index contributed by atoms with van der Waals surface area (Å²) in [5.74, 6) is 1.22. The Balaban J connectivity index is 1.73. The molecule has 0 radical (unpaired) electrons. The standard InChI is InChI=1S/C27H21ClN4O2/c1-16-29-15-32(30-16)27-18-6-8-24(28)20(10-18)14-34-21-5-3-4-17(11-21)22-13-26(33)31(2)25-9-7-19(27)12-23(22)25/h3-13,15,27H,14H2,1-2H3/i2D3. The Labute approximate surface area is 205 Å². The van der Waals surface area contributed by atoms with Crippen molar-refractivity contribution in [2.45, 2.75) is 19.6 Å². The molecule has 0 spiro atoms. The zero-order chi connectivity index (χ0) is 25.9. The van der Waals surface area contributed by atoms with E-state index >= 15 is 0 Å². The molecule has 5 aromatic rings. The van der Waals surface area contributed by atoms with Crippen LogP contribution in [-0.2, 0) is 13.6 Å². The van der Waals surface area contributed by atoms with Gasteiger partial charge in [0.15, 0.2) is 0 Å². The van der Waals surface area contributed by atoms with E-state index in [-0.39, 0.29) is 12.6 Å². The molecule has 0 fully saturated rings. The summed E-state index contributed by atoms with van der Waals surface area (Å²) in [5, 5.41) is 5.79. The Morgan fingerprint density at radius 3 is 2.76 bits per heavy atom. The average molecular weight is 472 g/mol. The minimum absolute atomic E-state index is 0.243. The van der Waals surface area contributed by atoms with Crippen LogP contribution in [0.1, 0.15) is 32.7 Å². The van der Waals surface area contributed by atoms with Crippen molar-refractivity contribution in [1.82, 2.24) is 19.3 Å². The first-order valence-corrected chi connectivity index (χ1v) is 11.2. The van der Waals surface area contributed by atoms with Gasteiger partial charge >= 0.3 is 0 Å². The molecule has 0 saturated carbocycles. The molecular formula is C27H21ClN4O2. The van der Waals surface area contributed by atoms with Crippen molar-refractivity contribution in [1.29, 1.82) is 0 Å². The van der Waals surface area contributed by atoms with Crippen LogP contribution in [0.5, 0.6) is 5.75 Å². The van der Waals surface area contributed by atoms with Crippen molar-refractivity contribution in [3.8, 4) is 16.9 Å². The quantitative estimate of drug-likeness (QED) is 0.333. The highest BCUT2D eigenvalue weighted by Crippen LogP contribution is 2.35. The Morgan fingerprint density at radius 2 is 1.94 bits per heavy atom. The molecule has 1 atom stereocenters. The summed E-state index contributed by atoms with van der Waals surface area (Å²) in [7, 11) is 0. The van der Waals surface area contributed by atoms with Gasteiger partial charge in [-0.2, -0.15) is 5.10 Å². The summed E-state index contributed by atoms with van der Waals surface area (Å²) >= 11 is 6.53. The fourth-order valence-corrected chi connectivity index (χ4v) is 4.70.